The van der Waals surface area contributed by atoms with Gasteiger partial charge in [0.25, 0.3) is 0 Å². The molecule has 7 heavy (non-hydrogen) atoms. The van der Waals surface area contributed by atoms with Crippen LogP contribution in [0.25, 0.3) is 0 Å². The van der Waals surface area contributed by atoms with Gasteiger partial charge < -0.3 is 11.5 Å². The van der Waals surface area contributed by atoms with E-state index >= 15 is 0 Å². The minimum Gasteiger partial charge on any atom is -0.405 e. The van der Waals surface area contributed by atoms with E-state index in [4.69, 9.17) is 11.5 Å². The van der Waals surface area contributed by atoms with Crippen LogP contribution in [0.2, 0.25) is 0 Å². The van der Waals surface area contributed by atoms with E-state index in [0.717, 1.165) is 5.70 Å². The van der Waals surface area contributed by atoms with Crippen LogP contribution in [0, 0.1) is 0 Å². The standard InChI is InChI=1S/C5H10N2/c1-5(7)3-2-4-6/h2-4H,6-7H2,1H3/b4-2+,5-3-. The summed E-state index contributed by atoms with van der Waals surface area (Å²) in [5, 5.41) is 0. The summed E-state index contributed by atoms with van der Waals surface area (Å²) in [5.74, 6) is 0. The largest absolute Gasteiger partial charge is 0.405 e. The third kappa shape index (κ3) is 5.08. The lowest BCUT2D eigenvalue weighted by atomic mass is 10.4. The number of rotatable bonds is 1. The van der Waals surface area contributed by atoms with E-state index in [-0.39, 0.29) is 0 Å². The molecule has 0 saturated carbocycles. The van der Waals surface area contributed by atoms with Crippen molar-refractivity contribution in [2.45, 2.75) is 6.92 Å². The Balaban J connectivity index is 3.46. The summed E-state index contributed by atoms with van der Waals surface area (Å²) < 4.78 is 0. The number of allylic oxidation sites excluding steroid dienone is 3. The first-order valence-electron chi connectivity index (χ1n) is 2.08. The van der Waals surface area contributed by atoms with Gasteiger partial charge in [-0.05, 0) is 25.3 Å². The van der Waals surface area contributed by atoms with Crippen molar-refractivity contribution in [3.05, 3.63) is 24.0 Å². The van der Waals surface area contributed by atoms with Crippen molar-refractivity contribution in [3.8, 4) is 0 Å². The third-order valence-electron chi connectivity index (χ3n) is 0.470. The average Bonchev–Trinajstić information content (AvgIpc) is 1.61. The van der Waals surface area contributed by atoms with E-state index < -0.39 is 0 Å². The predicted molar refractivity (Wildman–Crippen MR) is 31.3 cm³/mol. The molecular formula is C5H10N2. The van der Waals surface area contributed by atoms with Gasteiger partial charge in [0.2, 0.25) is 0 Å². The van der Waals surface area contributed by atoms with Gasteiger partial charge in [-0.2, -0.15) is 0 Å². The van der Waals surface area contributed by atoms with Crippen LogP contribution in [0.3, 0.4) is 0 Å². The maximum Gasteiger partial charge on any atom is 0.00494 e. The Kier molecular flexibility index (Phi) is 2.85. The lowest BCUT2D eigenvalue weighted by Gasteiger charge is -1.79. The van der Waals surface area contributed by atoms with Crippen molar-refractivity contribution in [1.82, 2.24) is 0 Å². The first kappa shape index (κ1) is 6.08. The quantitative estimate of drug-likeness (QED) is 0.464. The van der Waals surface area contributed by atoms with Gasteiger partial charge in [0.05, 0.1) is 0 Å². The lowest BCUT2D eigenvalue weighted by molar-refractivity contribution is 1.31. The average molecular weight is 98.1 g/mol. The van der Waals surface area contributed by atoms with E-state index in [1.165, 1.54) is 6.20 Å². The van der Waals surface area contributed by atoms with Crippen molar-refractivity contribution in [2.75, 3.05) is 0 Å². The normalized spacial score (nSPS) is 13.0. The lowest BCUT2D eigenvalue weighted by Crippen LogP contribution is -1.88. The first-order valence-corrected chi connectivity index (χ1v) is 2.08. The van der Waals surface area contributed by atoms with Crippen molar-refractivity contribution in [2.24, 2.45) is 11.5 Å². The van der Waals surface area contributed by atoms with Crippen LogP contribution in [0.4, 0.5) is 0 Å². The summed E-state index contributed by atoms with van der Waals surface area (Å²) in [6.45, 7) is 1.81. The molecule has 4 N–H and O–H groups in total. The van der Waals surface area contributed by atoms with Crippen LogP contribution in [0.5, 0.6) is 0 Å². The minimum absolute atomic E-state index is 0.765. The fourth-order valence-corrected chi connectivity index (χ4v) is 0.207. The second-order valence-electron chi connectivity index (χ2n) is 1.30. The Bertz CT molecular complexity index is 88.3. The minimum atomic E-state index is 0.765. The Labute approximate surface area is 43.5 Å². The second kappa shape index (κ2) is 3.28. The molecule has 0 atom stereocenters. The summed E-state index contributed by atoms with van der Waals surface area (Å²) in [7, 11) is 0. The highest BCUT2D eigenvalue weighted by molar-refractivity contribution is 5.05. The van der Waals surface area contributed by atoms with Crippen LogP contribution in [0.15, 0.2) is 24.0 Å². The highest BCUT2D eigenvalue weighted by atomic mass is 14.5. The zero-order chi connectivity index (χ0) is 5.70. The van der Waals surface area contributed by atoms with Gasteiger partial charge in [-0.15, -0.1) is 0 Å². The van der Waals surface area contributed by atoms with Crippen LogP contribution >= 0.6 is 0 Å². The summed E-state index contributed by atoms with van der Waals surface area (Å²) in [5.41, 5.74) is 11.0. The van der Waals surface area contributed by atoms with Crippen LogP contribution in [-0.4, -0.2) is 0 Å². The molecule has 0 unspecified atom stereocenters. The number of hydrogen-bond acceptors (Lipinski definition) is 2. The molecule has 0 aromatic heterocycles. The topological polar surface area (TPSA) is 52.0 Å². The maximum absolute atomic E-state index is 5.23. The Morgan fingerprint density at radius 3 is 2.29 bits per heavy atom. The predicted octanol–water partition coefficient (Wildman–Crippen LogP) is 0.321. The van der Waals surface area contributed by atoms with Crippen molar-refractivity contribution >= 4 is 0 Å². The summed E-state index contributed by atoms with van der Waals surface area (Å²) >= 11 is 0. The molecule has 0 rings (SSSR count). The molecule has 2 nitrogen and oxygen atoms in total. The van der Waals surface area contributed by atoms with E-state index in [2.05, 4.69) is 0 Å². The van der Waals surface area contributed by atoms with Gasteiger partial charge in [-0.3, -0.25) is 0 Å². The van der Waals surface area contributed by atoms with Crippen molar-refractivity contribution in [3.63, 3.8) is 0 Å². The van der Waals surface area contributed by atoms with E-state index in [1.807, 2.05) is 0 Å². The van der Waals surface area contributed by atoms with Crippen LogP contribution < -0.4 is 11.5 Å². The van der Waals surface area contributed by atoms with Gasteiger partial charge in [-0.25, -0.2) is 0 Å². The van der Waals surface area contributed by atoms with Crippen LogP contribution in [-0.2, 0) is 0 Å². The highest BCUT2D eigenvalue weighted by Gasteiger charge is 1.65. The molecular weight excluding hydrogens is 88.1 g/mol. The molecule has 0 aliphatic rings. The molecule has 0 radical (unpaired) electrons. The number of nitrogens with two attached hydrogens (primary N) is 2. The molecule has 0 bridgehead atoms. The smallest absolute Gasteiger partial charge is 0.00494 e. The van der Waals surface area contributed by atoms with E-state index in [0.29, 0.717) is 0 Å². The summed E-state index contributed by atoms with van der Waals surface area (Å²) in [4.78, 5) is 0. The molecule has 0 fully saturated rings. The van der Waals surface area contributed by atoms with Crippen molar-refractivity contribution in [1.29, 1.82) is 0 Å². The van der Waals surface area contributed by atoms with Crippen LogP contribution in [0.1, 0.15) is 6.92 Å². The zero-order valence-corrected chi connectivity index (χ0v) is 4.39. The Morgan fingerprint density at radius 2 is 2.14 bits per heavy atom. The molecule has 0 heterocycles. The van der Waals surface area contributed by atoms with Gasteiger partial charge in [0.15, 0.2) is 0 Å². The maximum atomic E-state index is 5.23. The molecule has 0 amide bonds. The molecule has 0 aliphatic heterocycles. The van der Waals surface area contributed by atoms with E-state index in [9.17, 15) is 0 Å². The van der Waals surface area contributed by atoms with Gasteiger partial charge in [0, 0.05) is 5.70 Å². The molecule has 2 heteroatoms. The SMILES string of the molecule is C/C(N)=C/C=C/N. The van der Waals surface area contributed by atoms with Gasteiger partial charge >= 0.3 is 0 Å². The van der Waals surface area contributed by atoms with Gasteiger partial charge in [0.1, 0.15) is 0 Å². The van der Waals surface area contributed by atoms with E-state index in [1.54, 1.807) is 19.1 Å². The Morgan fingerprint density at radius 1 is 1.57 bits per heavy atom. The Hall–Kier alpha value is -0.920. The van der Waals surface area contributed by atoms with Gasteiger partial charge in [-0.1, -0.05) is 0 Å². The fourth-order valence-electron chi connectivity index (χ4n) is 0.207. The molecule has 40 valence electrons. The highest BCUT2D eigenvalue weighted by Crippen LogP contribution is 1.77. The monoisotopic (exact) mass is 98.1 g/mol. The van der Waals surface area contributed by atoms with Crippen molar-refractivity contribution < 1.29 is 0 Å². The fraction of sp³-hybridized carbons (Fsp3) is 0.200. The third-order valence-corrected chi connectivity index (χ3v) is 0.470. The first-order chi connectivity index (χ1) is 3.27. The zero-order valence-electron chi connectivity index (χ0n) is 4.39. The second-order valence-corrected chi connectivity index (χ2v) is 1.30. The molecule has 0 aromatic rings. The molecule has 0 aromatic carbocycles. The number of hydrogen-bond donors (Lipinski definition) is 2. The summed E-state index contributed by atoms with van der Waals surface area (Å²) in [6.07, 6.45) is 4.87. The molecule has 0 spiro atoms. The summed E-state index contributed by atoms with van der Waals surface area (Å²) in [6, 6.07) is 0. The molecule has 0 aliphatic carbocycles. The molecule has 0 saturated heterocycles.